The number of carbonyl (C=O) groups excluding carboxylic acids is 1. The molecule has 0 radical (unpaired) electrons. The lowest BCUT2D eigenvalue weighted by Gasteiger charge is -2.32. The Morgan fingerprint density at radius 1 is 1.32 bits per heavy atom. The summed E-state index contributed by atoms with van der Waals surface area (Å²) in [5, 5.41) is 13.5. The molecule has 1 atom stereocenters. The van der Waals surface area contributed by atoms with Gasteiger partial charge in [0.15, 0.2) is 0 Å². The SMILES string of the molecule is Cc1nn(C)c(C)c1CC(=O)N1CCC2(CC1)CC2C(=O)O. The van der Waals surface area contributed by atoms with Gasteiger partial charge in [0.1, 0.15) is 0 Å². The second-order valence-electron chi connectivity index (χ2n) is 6.79. The van der Waals surface area contributed by atoms with Gasteiger partial charge in [-0.2, -0.15) is 5.10 Å². The molecule has 6 nitrogen and oxygen atoms in total. The summed E-state index contributed by atoms with van der Waals surface area (Å²) in [5.74, 6) is -0.740. The van der Waals surface area contributed by atoms with Gasteiger partial charge in [-0.25, -0.2) is 0 Å². The van der Waals surface area contributed by atoms with Gasteiger partial charge in [0.05, 0.1) is 18.0 Å². The Bertz CT molecular complexity index is 627. The third-order valence-electron chi connectivity index (χ3n) is 5.59. The van der Waals surface area contributed by atoms with E-state index in [9.17, 15) is 9.59 Å². The zero-order valence-corrected chi connectivity index (χ0v) is 13.4. The maximum Gasteiger partial charge on any atom is 0.307 e. The lowest BCUT2D eigenvalue weighted by molar-refractivity contribution is -0.139. The first kappa shape index (κ1) is 15.1. The molecular formula is C16H23N3O3. The van der Waals surface area contributed by atoms with Crippen molar-refractivity contribution in [3.63, 3.8) is 0 Å². The van der Waals surface area contributed by atoms with Crippen LogP contribution in [0.4, 0.5) is 0 Å². The average molecular weight is 305 g/mol. The van der Waals surface area contributed by atoms with Gasteiger partial charge in [-0.15, -0.1) is 0 Å². The van der Waals surface area contributed by atoms with E-state index in [0.717, 1.165) is 36.2 Å². The minimum Gasteiger partial charge on any atom is -0.481 e. The van der Waals surface area contributed by atoms with Crippen LogP contribution in [-0.2, 0) is 23.1 Å². The molecule has 1 aromatic rings. The highest BCUT2D eigenvalue weighted by Crippen LogP contribution is 2.59. The second kappa shape index (κ2) is 5.11. The zero-order chi connectivity index (χ0) is 16.1. The molecule has 1 saturated heterocycles. The number of carbonyl (C=O) groups is 2. The summed E-state index contributed by atoms with van der Waals surface area (Å²) in [6.07, 6.45) is 2.81. The first-order chi connectivity index (χ1) is 10.3. The fraction of sp³-hybridized carbons (Fsp3) is 0.688. The summed E-state index contributed by atoms with van der Waals surface area (Å²) in [5.41, 5.74) is 2.94. The first-order valence-corrected chi connectivity index (χ1v) is 7.84. The monoisotopic (exact) mass is 305 g/mol. The van der Waals surface area contributed by atoms with E-state index < -0.39 is 5.97 Å². The van der Waals surface area contributed by atoms with E-state index in [1.807, 2.05) is 30.5 Å². The summed E-state index contributed by atoms with van der Waals surface area (Å²) in [4.78, 5) is 25.5. The number of likely N-dealkylation sites (tertiary alicyclic amines) is 1. The van der Waals surface area contributed by atoms with Crippen molar-refractivity contribution in [1.29, 1.82) is 0 Å². The number of aromatic nitrogens is 2. The molecule has 1 aromatic heterocycles. The summed E-state index contributed by atoms with van der Waals surface area (Å²) >= 11 is 0. The van der Waals surface area contributed by atoms with Crippen LogP contribution in [0.3, 0.4) is 0 Å². The molecule has 120 valence electrons. The van der Waals surface area contributed by atoms with Crippen LogP contribution in [0.1, 0.15) is 36.2 Å². The smallest absolute Gasteiger partial charge is 0.307 e. The average Bonchev–Trinajstić information content (AvgIpc) is 3.12. The molecule has 0 bridgehead atoms. The van der Waals surface area contributed by atoms with Crippen molar-refractivity contribution in [3.05, 3.63) is 17.0 Å². The number of hydrogen-bond acceptors (Lipinski definition) is 3. The minimum atomic E-state index is -0.679. The van der Waals surface area contributed by atoms with E-state index in [0.29, 0.717) is 19.5 Å². The first-order valence-electron chi connectivity index (χ1n) is 7.84. The molecule has 2 heterocycles. The summed E-state index contributed by atoms with van der Waals surface area (Å²) in [6.45, 7) is 5.28. The number of amides is 1. The van der Waals surface area contributed by atoms with Gasteiger partial charge in [-0.1, -0.05) is 0 Å². The van der Waals surface area contributed by atoms with Crippen LogP contribution in [0.25, 0.3) is 0 Å². The van der Waals surface area contributed by atoms with E-state index >= 15 is 0 Å². The standard InChI is InChI=1S/C16H23N3O3/c1-10-12(11(2)18(3)17-10)8-14(20)19-6-4-16(5-7-19)9-13(16)15(21)22/h13H,4-9H2,1-3H3,(H,21,22). The van der Waals surface area contributed by atoms with E-state index in [-0.39, 0.29) is 17.2 Å². The fourth-order valence-electron chi connectivity index (χ4n) is 3.79. The van der Waals surface area contributed by atoms with Crippen molar-refractivity contribution >= 4 is 11.9 Å². The van der Waals surface area contributed by atoms with Gasteiger partial charge in [0.25, 0.3) is 0 Å². The molecule has 22 heavy (non-hydrogen) atoms. The fourth-order valence-corrected chi connectivity index (χ4v) is 3.79. The highest BCUT2D eigenvalue weighted by Gasteiger charge is 2.59. The summed E-state index contributed by atoms with van der Waals surface area (Å²) in [7, 11) is 1.89. The molecule has 2 aliphatic rings. The van der Waals surface area contributed by atoms with Crippen molar-refractivity contribution in [2.45, 2.75) is 39.5 Å². The van der Waals surface area contributed by atoms with Gasteiger partial charge >= 0.3 is 5.97 Å². The topological polar surface area (TPSA) is 75.4 Å². The lowest BCUT2D eigenvalue weighted by Crippen LogP contribution is -2.40. The van der Waals surface area contributed by atoms with Crippen molar-refractivity contribution in [3.8, 4) is 0 Å². The normalized spacial score (nSPS) is 22.9. The summed E-state index contributed by atoms with van der Waals surface area (Å²) in [6, 6.07) is 0. The molecule has 2 fully saturated rings. The molecule has 1 aliphatic heterocycles. The molecule has 1 unspecified atom stereocenters. The summed E-state index contributed by atoms with van der Waals surface area (Å²) < 4.78 is 1.81. The predicted molar refractivity (Wildman–Crippen MR) is 80.4 cm³/mol. The number of aliphatic carboxylic acids is 1. The Balaban J connectivity index is 1.60. The third-order valence-corrected chi connectivity index (χ3v) is 5.59. The highest BCUT2D eigenvalue weighted by atomic mass is 16.4. The van der Waals surface area contributed by atoms with Crippen molar-refractivity contribution in [2.24, 2.45) is 18.4 Å². The Morgan fingerprint density at radius 3 is 2.41 bits per heavy atom. The van der Waals surface area contributed by atoms with Crippen molar-refractivity contribution < 1.29 is 14.7 Å². The highest BCUT2D eigenvalue weighted by molar-refractivity contribution is 5.80. The Morgan fingerprint density at radius 2 is 1.95 bits per heavy atom. The van der Waals surface area contributed by atoms with Crippen LogP contribution in [0.15, 0.2) is 0 Å². The van der Waals surface area contributed by atoms with E-state index in [2.05, 4.69) is 5.10 Å². The van der Waals surface area contributed by atoms with Gasteiger partial charge in [0, 0.05) is 31.4 Å². The van der Waals surface area contributed by atoms with Crippen LogP contribution in [0.5, 0.6) is 0 Å². The molecular weight excluding hydrogens is 282 g/mol. The number of hydrogen-bond donors (Lipinski definition) is 1. The van der Waals surface area contributed by atoms with Crippen LogP contribution in [0, 0.1) is 25.2 Å². The number of carboxylic acids is 1. The number of nitrogens with zero attached hydrogens (tertiary/aromatic N) is 3. The predicted octanol–water partition coefficient (Wildman–Crippen LogP) is 1.29. The molecule has 6 heteroatoms. The molecule has 1 amide bonds. The third kappa shape index (κ3) is 2.40. The van der Waals surface area contributed by atoms with Crippen LogP contribution in [-0.4, -0.2) is 44.8 Å². The Hall–Kier alpha value is -1.85. The largest absolute Gasteiger partial charge is 0.481 e. The van der Waals surface area contributed by atoms with Gasteiger partial charge < -0.3 is 10.0 Å². The maximum absolute atomic E-state index is 12.5. The molecule has 0 aromatic carbocycles. The quantitative estimate of drug-likeness (QED) is 0.913. The second-order valence-corrected chi connectivity index (χ2v) is 6.79. The Labute approximate surface area is 130 Å². The number of rotatable bonds is 3. The van der Waals surface area contributed by atoms with Crippen LogP contribution >= 0.6 is 0 Å². The van der Waals surface area contributed by atoms with Crippen LogP contribution < -0.4 is 0 Å². The van der Waals surface area contributed by atoms with Gasteiger partial charge in [-0.3, -0.25) is 14.3 Å². The number of piperidine rings is 1. The molecule has 1 spiro atoms. The Kier molecular flexibility index (Phi) is 3.50. The lowest BCUT2D eigenvalue weighted by atomic mass is 9.90. The maximum atomic E-state index is 12.5. The molecule has 1 saturated carbocycles. The van der Waals surface area contributed by atoms with E-state index in [1.165, 1.54) is 0 Å². The van der Waals surface area contributed by atoms with Crippen molar-refractivity contribution in [2.75, 3.05) is 13.1 Å². The molecule has 3 rings (SSSR count). The van der Waals surface area contributed by atoms with E-state index in [4.69, 9.17) is 5.11 Å². The number of aryl methyl sites for hydroxylation is 2. The van der Waals surface area contributed by atoms with Gasteiger partial charge in [-0.05, 0) is 38.5 Å². The van der Waals surface area contributed by atoms with Crippen LogP contribution in [0.2, 0.25) is 0 Å². The van der Waals surface area contributed by atoms with Gasteiger partial charge in [0.2, 0.25) is 5.91 Å². The molecule has 1 aliphatic carbocycles. The minimum absolute atomic E-state index is 0.0251. The van der Waals surface area contributed by atoms with E-state index in [1.54, 1.807) is 0 Å². The van der Waals surface area contributed by atoms with Crippen molar-refractivity contribution in [1.82, 2.24) is 14.7 Å². The number of carboxylic acid groups (broad SMARTS) is 1. The zero-order valence-electron chi connectivity index (χ0n) is 13.4. The molecule has 1 N–H and O–H groups in total.